The minimum Gasteiger partial charge on any atom is -0.0654 e. The summed E-state index contributed by atoms with van der Waals surface area (Å²) in [6.45, 7) is 13.4. The molecular weight excluding hydrogens is 471 g/mol. The SMILES string of the molecule is CCCCCCCCOCOCCC[CH](C)[Cu][CH](C)CCCOCOCCCCCCCC.[Li]. The monoisotopic (exact) mass is 528 g/mol. The van der Waals surface area contributed by atoms with E-state index < -0.39 is 0 Å². The van der Waals surface area contributed by atoms with Crippen LogP contribution in [0.3, 0.4) is 0 Å². The van der Waals surface area contributed by atoms with Crippen LogP contribution in [0.2, 0.25) is 9.63 Å². The van der Waals surface area contributed by atoms with E-state index in [1.165, 1.54) is 77.0 Å². The molecule has 0 aliphatic rings. The van der Waals surface area contributed by atoms with Crippen LogP contribution in [0.25, 0.3) is 0 Å². The normalized spacial score (nSPS) is 13.2. The van der Waals surface area contributed by atoms with Crippen LogP contribution in [0.15, 0.2) is 0 Å². The van der Waals surface area contributed by atoms with Gasteiger partial charge in [0.05, 0.1) is 0 Å². The molecule has 4 nitrogen and oxygen atoms in total. The second-order valence-electron chi connectivity index (χ2n) is 9.20. The second-order valence-corrected chi connectivity index (χ2v) is 11.4. The van der Waals surface area contributed by atoms with Crippen molar-refractivity contribution in [2.24, 2.45) is 0 Å². The Hall–Kier alpha value is 0.957. The van der Waals surface area contributed by atoms with Crippen molar-refractivity contribution < 1.29 is 33.9 Å². The molecule has 0 aliphatic heterocycles. The van der Waals surface area contributed by atoms with Crippen molar-refractivity contribution in [2.45, 2.75) is 140 Å². The molecule has 0 aliphatic carbocycles. The summed E-state index contributed by atoms with van der Waals surface area (Å²) in [6, 6.07) is 0. The van der Waals surface area contributed by atoms with Crippen LogP contribution in [0.4, 0.5) is 0 Å². The first kappa shape index (κ1) is 37.1. The van der Waals surface area contributed by atoms with E-state index in [0.717, 1.165) is 52.1 Å². The maximum atomic E-state index is 5.62. The van der Waals surface area contributed by atoms with Crippen LogP contribution >= 0.6 is 0 Å². The Balaban J connectivity index is 0. The molecule has 0 heterocycles. The van der Waals surface area contributed by atoms with E-state index in [9.17, 15) is 0 Å². The summed E-state index contributed by atoms with van der Waals surface area (Å²) in [5.74, 6) is 0. The first-order valence-electron chi connectivity index (χ1n) is 14.0. The molecule has 34 heavy (non-hydrogen) atoms. The third-order valence-electron chi connectivity index (χ3n) is 5.70. The van der Waals surface area contributed by atoms with Crippen LogP contribution in [0, 0.1) is 0 Å². The molecule has 6 heteroatoms. The summed E-state index contributed by atoms with van der Waals surface area (Å²) in [5, 5.41) is 0. The van der Waals surface area contributed by atoms with Gasteiger partial charge in [0.25, 0.3) is 0 Å². The molecule has 0 bridgehead atoms. The fourth-order valence-corrected chi connectivity index (χ4v) is 5.23. The van der Waals surface area contributed by atoms with E-state index in [-0.39, 0.29) is 18.9 Å². The molecule has 1 radical (unpaired) electrons. The van der Waals surface area contributed by atoms with Gasteiger partial charge in [-0.3, -0.25) is 0 Å². The van der Waals surface area contributed by atoms with Crippen molar-refractivity contribution in [3.8, 4) is 0 Å². The number of rotatable bonds is 28. The van der Waals surface area contributed by atoms with Crippen molar-refractivity contribution in [1.29, 1.82) is 0 Å². The van der Waals surface area contributed by atoms with Crippen LogP contribution in [-0.4, -0.2) is 58.9 Å². The van der Waals surface area contributed by atoms with Gasteiger partial charge < -0.3 is 0 Å². The minimum absolute atomic E-state index is 0. The zero-order valence-electron chi connectivity index (χ0n) is 23.6. The summed E-state index contributed by atoms with van der Waals surface area (Å²) in [5.41, 5.74) is 0. The number of hydrogen-bond donors (Lipinski definition) is 0. The molecule has 0 aromatic rings. The first-order valence-corrected chi connectivity index (χ1v) is 15.1. The molecule has 0 rings (SSSR count). The summed E-state index contributed by atoms with van der Waals surface area (Å²) >= 11 is 2.19. The molecule has 0 saturated heterocycles. The van der Waals surface area contributed by atoms with Gasteiger partial charge in [0, 0.05) is 18.9 Å². The molecule has 0 N–H and O–H groups in total. The Morgan fingerprint density at radius 1 is 0.471 bits per heavy atom. The fourth-order valence-electron chi connectivity index (χ4n) is 3.62. The average Bonchev–Trinajstić information content (AvgIpc) is 2.80. The zero-order chi connectivity index (χ0) is 24.2. The van der Waals surface area contributed by atoms with Gasteiger partial charge in [-0.2, -0.15) is 0 Å². The summed E-state index contributed by atoms with van der Waals surface area (Å²) in [4.78, 5) is 1.33. The van der Waals surface area contributed by atoms with E-state index in [1.807, 2.05) is 0 Å². The maximum absolute atomic E-state index is 5.62. The fraction of sp³-hybridized carbons (Fsp3) is 1.00. The van der Waals surface area contributed by atoms with Gasteiger partial charge in [-0.1, -0.05) is 39.5 Å². The Morgan fingerprint density at radius 3 is 1.18 bits per heavy atom. The van der Waals surface area contributed by atoms with Crippen LogP contribution in [-0.2, 0) is 33.9 Å². The number of unbranched alkanes of at least 4 members (excludes halogenated alkanes) is 10. The molecule has 0 fully saturated rings. The van der Waals surface area contributed by atoms with Gasteiger partial charge in [-0.25, -0.2) is 0 Å². The van der Waals surface area contributed by atoms with E-state index in [2.05, 4.69) is 42.7 Å². The van der Waals surface area contributed by atoms with E-state index in [4.69, 9.17) is 18.9 Å². The molecule has 0 spiro atoms. The van der Waals surface area contributed by atoms with Crippen molar-refractivity contribution in [1.82, 2.24) is 0 Å². The number of ether oxygens (including phenoxy) is 4. The second kappa shape index (κ2) is 32.0. The molecule has 2 unspecified atom stereocenters. The molecule has 0 aromatic heterocycles. The van der Waals surface area contributed by atoms with Crippen LogP contribution < -0.4 is 0 Å². The molecule has 206 valence electrons. The van der Waals surface area contributed by atoms with Crippen molar-refractivity contribution in [2.75, 3.05) is 40.0 Å². The Kier molecular flexibility index (Phi) is 34.9. The van der Waals surface area contributed by atoms with Gasteiger partial charge in [0.15, 0.2) is 0 Å². The van der Waals surface area contributed by atoms with E-state index in [0.29, 0.717) is 23.2 Å². The predicted octanol–water partition coefficient (Wildman–Crippen LogP) is 8.57. The van der Waals surface area contributed by atoms with Crippen LogP contribution in [0.5, 0.6) is 0 Å². The minimum atomic E-state index is 0. The smallest absolute Gasteiger partial charge is 0.0654 e. The van der Waals surface area contributed by atoms with Crippen LogP contribution in [0.1, 0.15) is 130 Å². The van der Waals surface area contributed by atoms with Gasteiger partial charge in [0.2, 0.25) is 0 Å². The molecular formula is C28H58CuLiO4. The topological polar surface area (TPSA) is 36.9 Å². The average molecular weight is 529 g/mol. The van der Waals surface area contributed by atoms with Crippen molar-refractivity contribution >= 4 is 18.9 Å². The van der Waals surface area contributed by atoms with Crippen molar-refractivity contribution in [3.63, 3.8) is 0 Å². The standard InChI is InChI=1S/2C14H29O2.Cu.Li/c2*1-3-5-7-8-9-11-13-16-14-15-12-10-6-4-2;;/h2*4H,3,5-14H2,1-2H3;;. The molecule has 0 saturated carbocycles. The number of hydrogen-bond acceptors (Lipinski definition) is 4. The molecule has 0 amide bonds. The summed E-state index contributed by atoms with van der Waals surface area (Å²) in [7, 11) is 0. The third kappa shape index (κ3) is 31.0. The Morgan fingerprint density at radius 2 is 0.794 bits per heavy atom. The van der Waals surface area contributed by atoms with E-state index >= 15 is 0 Å². The van der Waals surface area contributed by atoms with Crippen molar-refractivity contribution in [3.05, 3.63) is 0 Å². The quantitative estimate of drug-likeness (QED) is 0.0578. The first-order chi connectivity index (χ1) is 16.2. The molecule has 0 aromatic carbocycles. The van der Waals surface area contributed by atoms with E-state index in [1.54, 1.807) is 0 Å². The van der Waals surface area contributed by atoms with Gasteiger partial charge in [0.1, 0.15) is 0 Å². The predicted molar refractivity (Wildman–Crippen MR) is 143 cm³/mol. The summed E-state index contributed by atoms with van der Waals surface area (Å²) < 4.78 is 22.4. The summed E-state index contributed by atoms with van der Waals surface area (Å²) in [6.07, 6.45) is 20.3. The Bertz CT molecular complexity index is 331. The van der Waals surface area contributed by atoms with Gasteiger partial charge >= 0.3 is 174 Å². The Labute approximate surface area is 232 Å². The third-order valence-corrected chi connectivity index (χ3v) is 7.31. The van der Waals surface area contributed by atoms with Gasteiger partial charge in [-0.15, -0.1) is 0 Å². The zero-order valence-corrected chi connectivity index (χ0v) is 24.6. The molecule has 2 atom stereocenters. The van der Waals surface area contributed by atoms with Gasteiger partial charge in [-0.05, 0) is 0 Å².